The second-order valence-electron chi connectivity index (χ2n) is 3.92. The van der Waals surface area contributed by atoms with Crippen molar-refractivity contribution >= 4 is 29.7 Å². The minimum atomic E-state index is -0.633. The second-order valence-corrected chi connectivity index (χ2v) is 3.92. The molecule has 1 atom stereocenters. The molecule has 0 spiro atoms. The molecule has 2 aliphatic rings. The average molecular weight is 252 g/mol. The van der Waals surface area contributed by atoms with Crippen LogP contribution in [0.3, 0.4) is 0 Å². The highest BCUT2D eigenvalue weighted by Gasteiger charge is 2.31. The number of amides is 1. The van der Waals surface area contributed by atoms with Crippen LogP contribution in [0, 0.1) is 11.3 Å². The lowest BCUT2D eigenvalue weighted by Gasteiger charge is -2.18. The van der Waals surface area contributed by atoms with E-state index in [2.05, 4.69) is 25.6 Å². The normalized spacial score (nSPS) is 19.9. The molecule has 7 nitrogen and oxygen atoms in total. The SMILES string of the molecule is N#Cc1ccc(NC2=NC3=NC=NC3C(=O)N2)cc1. The number of rotatable bonds is 1. The molecule has 92 valence electrons. The van der Waals surface area contributed by atoms with Gasteiger partial charge in [0, 0.05) is 5.69 Å². The van der Waals surface area contributed by atoms with Gasteiger partial charge in [-0.05, 0) is 24.3 Å². The molecule has 1 aromatic rings. The predicted molar refractivity (Wildman–Crippen MR) is 70.1 cm³/mol. The fraction of sp³-hybridized carbons (Fsp3) is 0.0833. The summed E-state index contributed by atoms with van der Waals surface area (Å²) in [7, 11) is 0. The van der Waals surface area contributed by atoms with E-state index in [0.29, 0.717) is 17.4 Å². The molecule has 1 amide bonds. The Morgan fingerprint density at radius 2 is 2.11 bits per heavy atom. The summed E-state index contributed by atoms with van der Waals surface area (Å²) in [6.45, 7) is 0. The Kier molecular flexibility index (Phi) is 2.54. The third kappa shape index (κ3) is 2.07. The molecule has 0 radical (unpaired) electrons. The Balaban J connectivity index is 1.80. The summed E-state index contributed by atoms with van der Waals surface area (Å²) < 4.78 is 0. The van der Waals surface area contributed by atoms with Gasteiger partial charge >= 0.3 is 0 Å². The van der Waals surface area contributed by atoms with Crippen LogP contribution in [0.5, 0.6) is 0 Å². The molecule has 2 N–H and O–H groups in total. The maximum atomic E-state index is 11.7. The smallest absolute Gasteiger partial charge is 0.259 e. The zero-order chi connectivity index (χ0) is 13.2. The first kappa shape index (κ1) is 11.1. The number of hydrogen-bond donors (Lipinski definition) is 2. The van der Waals surface area contributed by atoms with Gasteiger partial charge < -0.3 is 5.32 Å². The third-order valence-corrected chi connectivity index (χ3v) is 2.64. The quantitative estimate of drug-likeness (QED) is 0.749. The summed E-state index contributed by atoms with van der Waals surface area (Å²) in [5.74, 6) is 0.411. The minimum absolute atomic E-state index is 0.265. The van der Waals surface area contributed by atoms with Gasteiger partial charge in [-0.2, -0.15) is 10.3 Å². The predicted octanol–water partition coefficient (Wildman–Crippen LogP) is 0.265. The highest BCUT2D eigenvalue weighted by atomic mass is 16.2. The lowest BCUT2D eigenvalue weighted by molar-refractivity contribution is -0.119. The molecule has 19 heavy (non-hydrogen) atoms. The Morgan fingerprint density at radius 1 is 1.32 bits per heavy atom. The van der Waals surface area contributed by atoms with Crippen molar-refractivity contribution < 1.29 is 4.79 Å². The van der Waals surface area contributed by atoms with E-state index in [-0.39, 0.29) is 5.91 Å². The number of hydrogen-bond acceptors (Lipinski definition) is 6. The van der Waals surface area contributed by atoms with Gasteiger partial charge in [0.1, 0.15) is 6.34 Å². The fourth-order valence-corrected chi connectivity index (χ4v) is 1.72. The molecule has 3 rings (SSSR count). The van der Waals surface area contributed by atoms with Crippen LogP contribution in [0.15, 0.2) is 39.2 Å². The first-order chi connectivity index (χ1) is 9.26. The molecule has 1 aromatic carbocycles. The number of guanidine groups is 1. The van der Waals surface area contributed by atoms with Crippen molar-refractivity contribution in [2.45, 2.75) is 6.04 Å². The van der Waals surface area contributed by atoms with Crippen molar-refractivity contribution in [1.29, 1.82) is 5.26 Å². The number of fused-ring (bicyclic) bond motifs is 1. The molecule has 0 bridgehead atoms. The maximum absolute atomic E-state index is 11.7. The maximum Gasteiger partial charge on any atom is 0.259 e. The van der Waals surface area contributed by atoms with Gasteiger partial charge in [0.15, 0.2) is 11.9 Å². The van der Waals surface area contributed by atoms with E-state index in [4.69, 9.17) is 5.26 Å². The van der Waals surface area contributed by atoms with Gasteiger partial charge in [0.2, 0.25) is 5.96 Å². The molecule has 0 aliphatic carbocycles. The molecule has 0 aromatic heterocycles. The Morgan fingerprint density at radius 3 is 2.84 bits per heavy atom. The van der Waals surface area contributed by atoms with Crippen LogP contribution < -0.4 is 10.6 Å². The highest BCUT2D eigenvalue weighted by molar-refractivity contribution is 6.24. The van der Waals surface area contributed by atoms with E-state index < -0.39 is 6.04 Å². The van der Waals surface area contributed by atoms with Crippen LogP contribution in [0.2, 0.25) is 0 Å². The molecular formula is C12H8N6O. The Labute approximate surface area is 108 Å². The second kappa shape index (κ2) is 4.34. The monoisotopic (exact) mass is 252 g/mol. The summed E-state index contributed by atoms with van der Waals surface area (Å²) in [6.07, 6.45) is 1.33. The highest BCUT2D eigenvalue weighted by Crippen LogP contribution is 2.11. The molecule has 2 aliphatic heterocycles. The molecule has 0 saturated carbocycles. The summed E-state index contributed by atoms with van der Waals surface area (Å²) in [6, 6.07) is 8.20. The van der Waals surface area contributed by atoms with Crippen LogP contribution in [0.1, 0.15) is 5.56 Å². The standard InChI is InChI=1S/C12H8N6O/c13-5-7-1-3-8(4-2-7)16-12-17-10-9(11(19)18-12)14-6-15-10/h1-4,6,9H,(H2,14,15,16,17,18,19). The van der Waals surface area contributed by atoms with Crippen LogP contribution in [-0.2, 0) is 4.79 Å². The zero-order valence-corrected chi connectivity index (χ0v) is 9.66. The van der Waals surface area contributed by atoms with E-state index in [9.17, 15) is 4.79 Å². The molecule has 0 saturated heterocycles. The van der Waals surface area contributed by atoms with Crippen LogP contribution in [0.4, 0.5) is 5.69 Å². The summed E-state index contributed by atoms with van der Waals surface area (Å²) in [5, 5.41) is 14.3. The summed E-state index contributed by atoms with van der Waals surface area (Å²) >= 11 is 0. The van der Waals surface area contributed by atoms with Crippen molar-refractivity contribution in [3.05, 3.63) is 29.8 Å². The van der Waals surface area contributed by atoms with E-state index in [0.717, 1.165) is 5.69 Å². The van der Waals surface area contributed by atoms with Gasteiger partial charge in [-0.15, -0.1) is 0 Å². The van der Waals surface area contributed by atoms with E-state index in [1.54, 1.807) is 24.3 Å². The number of anilines is 1. The number of aliphatic imine (C=N–C) groups is 3. The average Bonchev–Trinajstić information content (AvgIpc) is 2.88. The largest absolute Gasteiger partial charge is 0.326 e. The molecular weight excluding hydrogens is 244 g/mol. The van der Waals surface area contributed by atoms with Gasteiger partial charge in [0.05, 0.1) is 11.6 Å². The summed E-state index contributed by atoms with van der Waals surface area (Å²) in [4.78, 5) is 23.7. The number of nitriles is 1. The Bertz CT molecular complexity index is 664. The lowest BCUT2D eigenvalue weighted by Crippen LogP contribution is -2.48. The van der Waals surface area contributed by atoms with Crippen molar-refractivity contribution in [3.63, 3.8) is 0 Å². The third-order valence-electron chi connectivity index (χ3n) is 2.64. The van der Waals surface area contributed by atoms with Crippen LogP contribution in [0.25, 0.3) is 0 Å². The van der Waals surface area contributed by atoms with E-state index >= 15 is 0 Å². The molecule has 2 heterocycles. The topological polar surface area (TPSA) is 102 Å². The minimum Gasteiger partial charge on any atom is -0.326 e. The van der Waals surface area contributed by atoms with Crippen LogP contribution in [-0.4, -0.2) is 30.1 Å². The number of benzene rings is 1. The van der Waals surface area contributed by atoms with Gasteiger partial charge in [0.25, 0.3) is 5.91 Å². The van der Waals surface area contributed by atoms with Gasteiger partial charge in [-0.1, -0.05) is 0 Å². The first-order valence-electron chi connectivity index (χ1n) is 5.52. The number of carbonyl (C=O) groups is 1. The number of amidine groups is 1. The van der Waals surface area contributed by atoms with Crippen molar-refractivity contribution in [2.24, 2.45) is 15.0 Å². The zero-order valence-electron chi connectivity index (χ0n) is 9.66. The molecule has 0 fully saturated rings. The molecule has 1 unspecified atom stereocenters. The van der Waals surface area contributed by atoms with E-state index in [1.807, 2.05) is 6.07 Å². The number of nitrogens with zero attached hydrogens (tertiary/aromatic N) is 4. The van der Waals surface area contributed by atoms with Crippen LogP contribution >= 0.6 is 0 Å². The number of nitrogens with one attached hydrogen (secondary N) is 2. The lowest BCUT2D eigenvalue weighted by atomic mass is 10.2. The number of carbonyl (C=O) groups excluding carboxylic acids is 1. The van der Waals surface area contributed by atoms with Crippen molar-refractivity contribution in [2.75, 3.05) is 5.32 Å². The van der Waals surface area contributed by atoms with Crippen molar-refractivity contribution in [3.8, 4) is 6.07 Å². The van der Waals surface area contributed by atoms with E-state index in [1.165, 1.54) is 6.34 Å². The summed E-state index contributed by atoms with van der Waals surface area (Å²) in [5.41, 5.74) is 1.28. The first-order valence-corrected chi connectivity index (χ1v) is 5.52. The molecule has 7 heteroatoms. The fourth-order valence-electron chi connectivity index (χ4n) is 1.72. The van der Waals surface area contributed by atoms with Gasteiger partial charge in [-0.25, -0.2) is 4.99 Å². The van der Waals surface area contributed by atoms with Gasteiger partial charge in [-0.3, -0.25) is 15.1 Å². The van der Waals surface area contributed by atoms with Crippen molar-refractivity contribution in [1.82, 2.24) is 5.32 Å². The Hall–Kier alpha value is -3.01.